The highest BCUT2D eigenvalue weighted by Crippen LogP contribution is 2.62. The van der Waals surface area contributed by atoms with Crippen LogP contribution < -0.4 is 9.00 Å². The van der Waals surface area contributed by atoms with Gasteiger partial charge in [-0.3, -0.25) is 0 Å². The summed E-state index contributed by atoms with van der Waals surface area (Å²) in [6.07, 6.45) is 0. The highest BCUT2D eigenvalue weighted by atomic mass is 33.1. The standard InChI is InChI=1S/C18H20S6Si2/c1-25(2,3)11-7-9-13(21-11)17-15(19-9)16-18(24-23-17)14-10(20-16)8-12(22-14)26(4,5)6/h7-8H,1-6H3. The fraction of sp³-hybridized carbons (Fsp3) is 0.333. The molecule has 5 heterocycles. The summed E-state index contributed by atoms with van der Waals surface area (Å²) in [4.78, 5) is 6.15. The Morgan fingerprint density at radius 1 is 0.577 bits per heavy atom. The topological polar surface area (TPSA) is 0 Å². The fourth-order valence-electron chi connectivity index (χ4n) is 3.01. The van der Waals surface area contributed by atoms with E-state index in [9.17, 15) is 0 Å². The van der Waals surface area contributed by atoms with E-state index >= 15 is 0 Å². The molecule has 0 amide bonds. The van der Waals surface area contributed by atoms with E-state index in [2.05, 4.69) is 74.1 Å². The van der Waals surface area contributed by atoms with Gasteiger partial charge in [-0.2, -0.15) is 0 Å². The molecule has 1 aliphatic rings. The van der Waals surface area contributed by atoms with Crippen LogP contribution in [0.15, 0.2) is 21.9 Å². The Bertz CT molecular complexity index is 1070. The van der Waals surface area contributed by atoms with Crippen molar-refractivity contribution in [2.24, 2.45) is 0 Å². The van der Waals surface area contributed by atoms with Crippen LogP contribution in [0.2, 0.25) is 39.3 Å². The molecule has 4 aromatic rings. The third-order valence-corrected chi connectivity index (χ3v) is 19.7. The Morgan fingerprint density at radius 2 is 0.962 bits per heavy atom. The minimum absolute atomic E-state index is 1.22. The zero-order valence-electron chi connectivity index (χ0n) is 15.6. The van der Waals surface area contributed by atoms with E-state index in [-0.39, 0.29) is 0 Å². The van der Waals surface area contributed by atoms with Gasteiger partial charge in [0.1, 0.15) is 0 Å². The largest absolute Gasteiger partial charge is 0.143 e. The second-order valence-corrected chi connectivity index (χ2v) is 26.0. The van der Waals surface area contributed by atoms with Crippen LogP contribution in [-0.2, 0) is 0 Å². The zero-order valence-corrected chi connectivity index (χ0v) is 22.5. The van der Waals surface area contributed by atoms with Crippen molar-refractivity contribution in [3.63, 3.8) is 0 Å². The highest BCUT2D eigenvalue weighted by Gasteiger charge is 2.31. The maximum absolute atomic E-state index is 2.50. The van der Waals surface area contributed by atoms with Crippen LogP contribution >= 0.6 is 66.9 Å². The lowest BCUT2D eigenvalue weighted by molar-refractivity contribution is 1.62. The average Bonchev–Trinajstić information content (AvgIpc) is 3.21. The molecule has 0 radical (unpaired) electrons. The summed E-state index contributed by atoms with van der Waals surface area (Å²) in [5.74, 6) is 0. The minimum Gasteiger partial charge on any atom is -0.143 e. The molecule has 0 saturated heterocycles. The smallest absolute Gasteiger partial charge is 0.0904 e. The second kappa shape index (κ2) is 5.98. The fourth-order valence-corrected chi connectivity index (χ4v) is 16.2. The third kappa shape index (κ3) is 2.79. The van der Waals surface area contributed by atoms with Crippen molar-refractivity contribution in [3.8, 4) is 9.75 Å². The molecule has 0 bridgehead atoms. The maximum Gasteiger partial charge on any atom is 0.0904 e. The Labute approximate surface area is 180 Å². The van der Waals surface area contributed by atoms with Gasteiger partial charge in [-0.25, -0.2) is 0 Å². The van der Waals surface area contributed by atoms with Gasteiger partial charge in [0.15, 0.2) is 0 Å². The number of hydrogen-bond acceptors (Lipinski definition) is 6. The summed E-state index contributed by atoms with van der Waals surface area (Å²) in [7, 11) is 1.57. The van der Waals surface area contributed by atoms with Gasteiger partial charge in [-0.05, 0) is 42.7 Å². The van der Waals surface area contributed by atoms with Gasteiger partial charge >= 0.3 is 0 Å². The Balaban J connectivity index is 1.68. The van der Waals surface area contributed by atoms with Gasteiger partial charge in [0.2, 0.25) is 0 Å². The summed E-state index contributed by atoms with van der Waals surface area (Å²) in [6.45, 7) is 14.7. The molecule has 0 atom stereocenters. The van der Waals surface area contributed by atoms with Crippen LogP contribution in [0.25, 0.3) is 28.6 Å². The van der Waals surface area contributed by atoms with E-state index in [0.29, 0.717) is 0 Å². The molecule has 1 aliphatic heterocycles. The first-order valence-electron chi connectivity index (χ1n) is 8.61. The SMILES string of the molecule is C[Si](C)(C)c1cc2sc3c(c2s1)SSc1c-3sc2cc([Si](C)(C)C)sc12. The first kappa shape index (κ1) is 18.5. The van der Waals surface area contributed by atoms with Gasteiger partial charge in [0.05, 0.1) is 45.1 Å². The van der Waals surface area contributed by atoms with Crippen molar-refractivity contribution in [2.45, 2.75) is 49.1 Å². The molecule has 0 unspecified atom stereocenters. The monoisotopic (exact) mass is 484 g/mol. The first-order chi connectivity index (χ1) is 12.1. The molecule has 0 N–H and O–H groups in total. The molecule has 0 nitrogen and oxygen atoms in total. The van der Waals surface area contributed by atoms with Crippen molar-refractivity contribution >= 4 is 111 Å². The van der Waals surface area contributed by atoms with Crippen molar-refractivity contribution in [2.75, 3.05) is 0 Å². The quantitative estimate of drug-likeness (QED) is 0.208. The predicted octanol–water partition coefficient (Wildman–Crippen LogP) is 8.11. The molecule has 136 valence electrons. The molecular weight excluding hydrogens is 465 g/mol. The van der Waals surface area contributed by atoms with Crippen LogP contribution in [-0.4, -0.2) is 16.1 Å². The zero-order chi connectivity index (χ0) is 18.4. The number of rotatable bonds is 2. The maximum atomic E-state index is 2.50. The van der Waals surface area contributed by atoms with E-state index in [0.717, 1.165) is 0 Å². The molecule has 0 aromatic carbocycles. The second-order valence-electron chi connectivity index (χ2n) is 8.80. The summed E-state index contributed by atoms with van der Waals surface area (Å²) in [5, 5.41) is 0. The summed E-state index contributed by atoms with van der Waals surface area (Å²) in [5.41, 5.74) is 0. The number of fused-ring (bicyclic) bond motifs is 7. The van der Waals surface area contributed by atoms with Gasteiger partial charge in [0.25, 0.3) is 0 Å². The van der Waals surface area contributed by atoms with Crippen molar-refractivity contribution in [1.29, 1.82) is 0 Å². The lowest BCUT2D eigenvalue weighted by Gasteiger charge is -2.14. The van der Waals surface area contributed by atoms with E-state index in [1.165, 1.54) is 28.9 Å². The Hall–Kier alpha value is 0.454. The normalized spacial score (nSPS) is 15.0. The summed E-state index contributed by atoms with van der Waals surface area (Å²) in [6, 6.07) is 5.00. The molecule has 0 spiro atoms. The number of hydrogen-bond donors (Lipinski definition) is 0. The molecule has 4 aromatic heterocycles. The highest BCUT2D eigenvalue weighted by molar-refractivity contribution is 8.77. The van der Waals surface area contributed by atoms with Gasteiger partial charge in [0, 0.05) is 9.40 Å². The van der Waals surface area contributed by atoms with Gasteiger partial charge in [-0.15, -0.1) is 45.3 Å². The van der Waals surface area contributed by atoms with Crippen molar-refractivity contribution < 1.29 is 0 Å². The predicted molar refractivity (Wildman–Crippen MR) is 136 cm³/mol. The first-order valence-corrected chi connectivity index (χ1v) is 21.0. The lowest BCUT2D eigenvalue weighted by atomic mass is 10.3. The molecular formula is C18H20S6Si2. The molecule has 26 heavy (non-hydrogen) atoms. The summed E-state index contributed by atoms with van der Waals surface area (Å²) >= 11 is 8.19. The lowest BCUT2D eigenvalue weighted by Crippen LogP contribution is -2.34. The van der Waals surface area contributed by atoms with E-state index in [1.54, 1.807) is 18.4 Å². The third-order valence-electron chi connectivity index (χ3n) is 4.54. The average molecular weight is 485 g/mol. The van der Waals surface area contributed by atoms with Crippen LogP contribution in [0, 0.1) is 0 Å². The van der Waals surface area contributed by atoms with E-state index < -0.39 is 16.1 Å². The van der Waals surface area contributed by atoms with Gasteiger partial charge < -0.3 is 0 Å². The Kier molecular flexibility index (Phi) is 4.25. The minimum atomic E-state index is -1.22. The van der Waals surface area contributed by atoms with Crippen LogP contribution in [0.4, 0.5) is 0 Å². The van der Waals surface area contributed by atoms with Gasteiger partial charge in [-0.1, -0.05) is 39.3 Å². The molecule has 0 saturated carbocycles. The number of thiophene rings is 4. The van der Waals surface area contributed by atoms with E-state index in [4.69, 9.17) is 0 Å². The molecule has 0 aliphatic carbocycles. The Morgan fingerprint density at radius 3 is 1.31 bits per heavy atom. The van der Waals surface area contributed by atoms with Crippen molar-refractivity contribution in [1.82, 2.24) is 0 Å². The van der Waals surface area contributed by atoms with Crippen LogP contribution in [0.1, 0.15) is 0 Å². The molecule has 0 fully saturated rings. The molecule has 8 heteroatoms. The summed E-state index contributed by atoms with van der Waals surface area (Å²) < 4.78 is 9.40. The van der Waals surface area contributed by atoms with Crippen LogP contribution in [0.3, 0.4) is 0 Å². The van der Waals surface area contributed by atoms with E-state index in [1.807, 2.05) is 44.3 Å². The van der Waals surface area contributed by atoms with Crippen LogP contribution in [0.5, 0.6) is 0 Å². The molecule has 5 rings (SSSR count). The van der Waals surface area contributed by atoms with Crippen molar-refractivity contribution in [3.05, 3.63) is 12.1 Å².